The summed E-state index contributed by atoms with van der Waals surface area (Å²) >= 11 is 6.01. The first kappa shape index (κ1) is 18.4. The molecule has 8 heteroatoms. The molecular weight excluding hydrogens is 344 g/mol. The van der Waals surface area contributed by atoms with Crippen LogP contribution < -0.4 is 19.9 Å². The first-order valence-corrected chi connectivity index (χ1v) is 7.63. The molecule has 0 aliphatic heterocycles. The van der Waals surface area contributed by atoms with E-state index in [-0.39, 0.29) is 10.7 Å². The third-order valence-electron chi connectivity index (χ3n) is 3.54. The van der Waals surface area contributed by atoms with Crippen molar-refractivity contribution in [3.05, 3.63) is 46.1 Å². The van der Waals surface area contributed by atoms with Crippen molar-refractivity contribution in [2.24, 2.45) is 0 Å². The average Bonchev–Trinajstić information content (AvgIpc) is 2.60. The molecule has 0 aliphatic carbocycles. The van der Waals surface area contributed by atoms with Crippen LogP contribution in [0.1, 0.15) is 21.5 Å². The third-order valence-corrected chi connectivity index (χ3v) is 3.81. The van der Waals surface area contributed by atoms with Crippen LogP contribution >= 0.6 is 11.6 Å². The lowest BCUT2D eigenvalue weighted by molar-refractivity contribution is 0.0945. The van der Waals surface area contributed by atoms with Gasteiger partial charge in [-0.2, -0.15) is 5.26 Å². The van der Waals surface area contributed by atoms with E-state index in [9.17, 15) is 4.79 Å². The first-order valence-electron chi connectivity index (χ1n) is 7.25. The van der Waals surface area contributed by atoms with Gasteiger partial charge in [0.2, 0.25) is 0 Å². The minimum atomic E-state index is -0.434. The Morgan fingerprint density at radius 1 is 1.32 bits per heavy atom. The van der Waals surface area contributed by atoms with Crippen molar-refractivity contribution >= 4 is 23.3 Å². The van der Waals surface area contributed by atoms with Gasteiger partial charge in [-0.1, -0.05) is 17.7 Å². The largest absolute Gasteiger partial charge is 0.496 e. The highest BCUT2D eigenvalue weighted by Gasteiger charge is 2.20. The van der Waals surface area contributed by atoms with Crippen LogP contribution in [0.4, 0.5) is 5.82 Å². The highest BCUT2D eigenvalue weighted by molar-refractivity contribution is 6.30. The summed E-state index contributed by atoms with van der Waals surface area (Å²) < 4.78 is 10.5. The Bertz CT molecular complexity index is 803. The number of hydrogen-bond donors (Lipinski definition) is 1. The van der Waals surface area contributed by atoms with Gasteiger partial charge in [0.25, 0.3) is 5.91 Å². The van der Waals surface area contributed by atoms with Crippen LogP contribution in [0, 0.1) is 18.3 Å². The molecular formula is C17H17ClN4O3. The third kappa shape index (κ3) is 3.75. The number of amides is 1. The van der Waals surface area contributed by atoms with Gasteiger partial charge in [-0.25, -0.2) is 4.98 Å². The number of nitriles is 1. The lowest BCUT2D eigenvalue weighted by Gasteiger charge is -2.21. The summed E-state index contributed by atoms with van der Waals surface area (Å²) in [6, 6.07) is 8.71. The quantitative estimate of drug-likeness (QED) is 0.651. The number of rotatable bonds is 5. The number of anilines is 1. The maximum absolute atomic E-state index is 12.7. The minimum absolute atomic E-state index is 0.0773. The van der Waals surface area contributed by atoms with Crippen LogP contribution in [0.15, 0.2) is 24.3 Å². The van der Waals surface area contributed by atoms with Crippen molar-refractivity contribution in [1.82, 2.24) is 10.4 Å². The number of nitrogens with one attached hydrogen (secondary N) is 1. The Labute approximate surface area is 150 Å². The summed E-state index contributed by atoms with van der Waals surface area (Å²) in [5.74, 6) is 0.722. The molecule has 0 aliphatic rings. The number of halogens is 1. The van der Waals surface area contributed by atoms with Crippen molar-refractivity contribution in [3.8, 4) is 17.6 Å². The van der Waals surface area contributed by atoms with Crippen LogP contribution in [0.3, 0.4) is 0 Å². The van der Waals surface area contributed by atoms with Gasteiger partial charge in [-0.15, -0.1) is 0 Å². The van der Waals surface area contributed by atoms with E-state index >= 15 is 0 Å². The fourth-order valence-corrected chi connectivity index (χ4v) is 2.54. The van der Waals surface area contributed by atoms with Gasteiger partial charge in [-0.05, 0) is 30.7 Å². The topological polar surface area (TPSA) is 87.5 Å². The molecule has 0 unspecified atom stereocenters. The van der Waals surface area contributed by atoms with Gasteiger partial charge >= 0.3 is 0 Å². The molecule has 0 fully saturated rings. The highest BCUT2D eigenvalue weighted by Crippen LogP contribution is 2.28. The second kappa shape index (κ2) is 7.73. The highest BCUT2D eigenvalue weighted by atomic mass is 35.5. The SMILES string of the molecule is COc1cccc(OC)c1C(=O)NN(C)c1cc(C)c(C#N)c(Cl)n1. The number of carbonyl (C=O) groups is 1. The van der Waals surface area contributed by atoms with E-state index in [1.807, 2.05) is 6.07 Å². The van der Waals surface area contributed by atoms with E-state index in [0.717, 1.165) is 0 Å². The van der Waals surface area contributed by atoms with Crippen LogP contribution in [0.2, 0.25) is 5.15 Å². The number of ether oxygens (including phenoxy) is 2. The van der Waals surface area contributed by atoms with Gasteiger partial charge in [-0.3, -0.25) is 15.2 Å². The molecule has 0 saturated heterocycles. The van der Waals surface area contributed by atoms with Crippen LogP contribution in [-0.4, -0.2) is 32.2 Å². The second-order valence-corrected chi connectivity index (χ2v) is 5.47. The molecule has 1 N–H and O–H groups in total. The maximum atomic E-state index is 12.7. The van der Waals surface area contributed by atoms with Crippen molar-refractivity contribution in [2.45, 2.75) is 6.92 Å². The summed E-state index contributed by atoms with van der Waals surface area (Å²) in [5.41, 5.74) is 3.91. The molecule has 1 aromatic carbocycles. The lowest BCUT2D eigenvalue weighted by atomic mass is 10.1. The molecule has 1 heterocycles. The zero-order valence-electron chi connectivity index (χ0n) is 14.3. The van der Waals surface area contributed by atoms with Crippen LogP contribution in [0.5, 0.6) is 11.5 Å². The number of aromatic nitrogens is 1. The Kier molecular flexibility index (Phi) is 5.67. The van der Waals surface area contributed by atoms with Gasteiger partial charge in [0.05, 0.1) is 19.8 Å². The molecule has 0 radical (unpaired) electrons. The standard InChI is InChI=1S/C17H17ClN4O3/c1-10-8-14(20-16(18)11(10)9-19)22(2)21-17(23)15-12(24-3)6-5-7-13(15)25-4/h5-8H,1-4H3,(H,21,23). The number of methoxy groups -OCH3 is 2. The van der Waals surface area contributed by atoms with Crippen LogP contribution in [0.25, 0.3) is 0 Å². The molecule has 2 rings (SSSR count). The van der Waals surface area contributed by atoms with E-state index in [0.29, 0.717) is 28.4 Å². The van der Waals surface area contributed by atoms with Crippen molar-refractivity contribution in [1.29, 1.82) is 5.26 Å². The summed E-state index contributed by atoms with van der Waals surface area (Å²) in [5, 5.41) is 10.5. The average molecular weight is 361 g/mol. The molecule has 25 heavy (non-hydrogen) atoms. The number of benzene rings is 1. The Hall–Kier alpha value is -2.98. The molecule has 0 saturated carbocycles. The smallest absolute Gasteiger partial charge is 0.277 e. The van der Waals surface area contributed by atoms with E-state index in [1.165, 1.54) is 19.2 Å². The molecule has 1 aromatic heterocycles. The van der Waals surface area contributed by atoms with Crippen LogP contribution in [-0.2, 0) is 0 Å². The number of nitrogens with zero attached hydrogens (tertiary/aromatic N) is 3. The first-order chi connectivity index (χ1) is 11.9. The van der Waals surface area contributed by atoms with E-state index < -0.39 is 5.91 Å². The molecule has 0 atom stereocenters. The van der Waals surface area contributed by atoms with Crippen molar-refractivity contribution in [2.75, 3.05) is 26.3 Å². The Balaban J connectivity index is 2.32. The summed E-state index contributed by atoms with van der Waals surface area (Å²) in [6.45, 7) is 1.74. The molecule has 1 amide bonds. The monoisotopic (exact) mass is 360 g/mol. The summed E-state index contributed by atoms with van der Waals surface area (Å²) in [6.07, 6.45) is 0. The second-order valence-electron chi connectivity index (χ2n) is 5.11. The zero-order chi connectivity index (χ0) is 18.6. The van der Waals surface area contributed by atoms with Crippen molar-refractivity contribution < 1.29 is 14.3 Å². The number of carbonyl (C=O) groups excluding carboxylic acids is 1. The predicted octanol–water partition coefficient (Wildman–Crippen LogP) is 2.71. The predicted molar refractivity (Wildman–Crippen MR) is 94.1 cm³/mol. The van der Waals surface area contributed by atoms with E-state index in [4.69, 9.17) is 26.3 Å². The number of hydrazine groups is 1. The maximum Gasteiger partial charge on any atom is 0.277 e. The summed E-state index contributed by atoms with van der Waals surface area (Å²) in [4.78, 5) is 16.8. The fourth-order valence-electron chi connectivity index (χ4n) is 2.26. The molecule has 0 bridgehead atoms. The Morgan fingerprint density at radius 2 is 1.92 bits per heavy atom. The van der Waals surface area contributed by atoms with Gasteiger partial charge in [0.15, 0.2) is 0 Å². The van der Waals surface area contributed by atoms with Gasteiger partial charge in [0, 0.05) is 7.05 Å². The fraction of sp³-hybridized carbons (Fsp3) is 0.235. The van der Waals surface area contributed by atoms with E-state index in [1.54, 1.807) is 38.2 Å². The Morgan fingerprint density at radius 3 is 2.40 bits per heavy atom. The van der Waals surface area contributed by atoms with Crippen molar-refractivity contribution in [3.63, 3.8) is 0 Å². The lowest BCUT2D eigenvalue weighted by Crippen LogP contribution is -2.40. The van der Waals surface area contributed by atoms with Gasteiger partial charge in [0.1, 0.15) is 34.1 Å². The molecule has 7 nitrogen and oxygen atoms in total. The normalized spacial score (nSPS) is 9.92. The molecule has 130 valence electrons. The minimum Gasteiger partial charge on any atom is -0.496 e. The molecule has 2 aromatic rings. The molecule has 0 spiro atoms. The van der Waals surface area contributed by atoms with Gasteiger partial charge < -0.3 is 9.47 Å². The van der Waals surface area contributed by atoms with E-state index in [2.05, 4.69) is 10.4 Å². The zero-order valence-corrected chi connectivity index (χ0v) is 15.0. The number of hydrogen-bond acceptors (Lipinski definition) is 6. The number of aryl methyl sites for hydroxylation is 1. The summed E-state index contributed by atoms with van der Waals surface area (Å²) in [7, 11) is 4.56. The number of pyridine rings is 1.